The van der Waals surface area contributed by atoms with Gasteiger partial charge in [-0.05, 0) is 55.7 Å². The number of likely N-dealkylation sites (tertiary alicyclic amines) is 1. The molecule has 0 bridgehead atoms. The highest BCUT2D eigenvalue weighted by Gasteiger charge is 2.32. The number of hydrogen-bond donors (Lipinski definition) is 1. The number of amides is 1. The Morgan fingerprint density at radius 3 is 2.54 bits per heavy atom. The molecule has 1 saturated heterocycles. The minimum atomic E-state index is -1.03. The number of carbonyl (C=O) groups excluding carboxylic acids is 1. The Hall–Kier alpha value is -4.65. The first-order valence-electron chi connectivity index (χ1n) is 11.0. The minimum absolute atomic E-state index is 0.0745. The third-order valence-corrected chi connectivity index (χ3v) is 5.84. The second kappa shape index (κ2) is 8.95. The van der Waals surface area contributed by atoms with Crippen LogP contribution >= 0.6 is 0 Å². The third kappa shape index (κ3) is 4.08. The number of benzene rings is 2. The molecule has 0 aliphatic carbocycles. The number of aromatic nitrogens is 4. The highest BCUT2D eigenvalue weighted by Crippen LogP contribution is 2.29. The number of rotatable bonds is 4. The van der Waals surface area contributed by atoms with Crippen molar-refractivity contribution in [2.24, 2.45) is 0 Å². The lowest BCUT2D eigenvalue weighted by atomic mass is 10.2. The van der Waals surface area contributed by atoms with Gasteiger partial charge in [-0.3, -0.25) is 13.9 Å². The molecule has 35 heavy (non-hydrogen) atoms. The summed E-state index contributed by atoms with van der Waals surface area (Å²) >= 11 is 0. The number of anilines is 1. The summed E-state index contributed by atoms with van der Waals surface area (Å²) in [5, 5.41) is 0. The minimum Gasteiger partial charge on any atom is -0.457 e. The fourth-order valence-electron chi connectivity index (χ4n) is 4.29. The number of nitrogen functional groups attached to an aromatic ring is 1. The summed E-state index contributed by atoms with van der Waals surface area (Å²) in [5.41, 5.74) is 6.36. The van der Waals surface area contributed by atoms with Crippen molar-refractivity contribution < 1.29 is 13.9 Å². The van der Waals surface area contributed by atoms with Crippen LogP contribution in [0, 0.1) is 17.9 Å². The van der Waals surface area contributed by atoms with Gasteiger partial charge < -0.3 is 15.4 Å². The Balaban J connectivity index is 1.57. The van der Waals surface area contributed by atoms with E-state index in [-0.39, 0.29) is 29.4 Å². The van der Waals surface area contributed by atoms with E-state index in [4.69, 9.17) is 10.5 Å². The lowest BCUT2D eigenvalue weighted by molar-refractivity contribution is -0.124. The molecule has 1 amide bonds. The van der Waals surface area contributed by atoms with Crippen molar-refractivity contribution in [2.45, 2.75) is 19.4 Å². The van der Waals surface area contributed by atoms with Crippen molar-refractivity contribution >= 4 is 22.9 Å². The van der Waals surface area contributed by atoms with Crippen molar-refractivity contribution in [3.63, 3.8) is 0 Å². The van der Waals surface area contributed by atoms with Gasteiger partial charge in [0, 0.05) is 13.1 Å². The maximum Gasteiger partial charge on any atom is 0.335 e. The Bertz CT molecular complexity index is 1530. The molecule has 5 rings (SSSR count). The van der Waals surface area contributed by atoms with Crippen LogP contribution < -0.4 is 16.2 Å². The van der Waals surface area contributed by atoms with E-state index in [1.54, 1.807) is 36.1 Å². The monoisotopic (exact) mass is 472 g/mol. The molecule has 2 N–H and O–H groups in total. The highest BCUT2D eigenvalue weighted by atomic mass is 19.1. The first-order valence-corrected chi connectivity index (χ1v) is 11.0. The number of hydrogen-bond acceptors (Lipinski definition) is 6. The quantitative estimate of drug-likeness (QED) is 0.361. The highest BCUT2D eigenvalue weighted by molar-refractivity contribution is 5.93. The summed E-state index contributed by atoms with van der Waals surface area (Å²) in [6.07, 6.45) is -0.541. The van der Waals surface area contributed by atoms with Crippen LogP contribution in [0.3, 0.4) is 0 Å². The van der Waals surface area contributed by atoms with Crippen LogP contribution in [0.1, 0.15) is 19.4 Å². The average molecular weight is 472 g/mol. The topological polar surface area (TPSA) is 108 Å². The van der Waals surface area contributed by atoms with E-state index in [0.717, 1.165) is 0 Å². The zero-order valence-electron chi connectivity index (χ0n) is 18.8. The van der Waals surface area contributed by atoms with Crippen LogP contribution in [0.2, 0.25) is 0 Å². The molecule has 1 fully saturated rings. The molecule has 1 atom stereocenters. The number of fused-ring (bicyclic) bond motifs is 1. The second-order valence-electron chi connectivity index (χ2n) is 8.02. The van der Waals surface area contributed by atoms with Crippen molar-refractivity contribution in [3.8, 4) is 29.0 Å². The normalized spacial score (nSPS) is 15.1. The molecular formula is C25H21FN6O3. The van der Waals surface area contributed by atoms with Crippen molar-refractivity contribution in [3.05, 3.63) is 71.2 Å². The summed E-state index contributed by atoms with van der Waals surface area (Å²) in [6, 6.07) is 15.7. The summed E-state index contributed by atoms with van der Waals surface area (Å²) in [5.74, 6) is 5.88. The van der Waals surface area contributed by atoms with E-state index in [1.165, 1.54) is 9.13 Å². The lowest BCUT2D eigenvalue weighted by Crippen LogP contribution is -2.31. The maximum atomic E-state index is 14.1. The molecule has 2 aromatic heterocycles. The van der Waals surface area contributed by atoms with Crippen LogP contribution in [0.15, 0.2) is 59.4 Å². The largest absolute Gasteiger partial charge is 0.457 e. The van der Waals surface area contributed by atoms with Gasteiger partial charge in [0.15, 0.2) is 11.5 Å². The first-order chi connectivity index (χ1) is 17.0. The summed E-state index contributed by atoms with van der Waals surface area (Å²) in [4.78, 5) is 34.9. The van der Waals surface area contributed by atoms with E-state index >= 15 is 0 Å². The Kier molecular flexibility index (Phi) is 5.66. The SMILES string of the molecule is CC#CC(=O)N1CCC(n2c(=O)n(-c3ccc(Oc4ccccc4)cc3)c3c(N)nc(F)nc32)C1. The van der Waals surface area contributed by atoms with E-state index in [2.05, 4.69) is 21.8 Å². The predicted molar refractivity (Wildman–Crippen MR) is 128 cm³/mol. The van der Waals surface area contributed by atoms with Crippen LogP contribution in [0.4, 0.5) is 10.2 Å². The molecule has 10 heteroatoms. The molecule has 1 aliphatic rings. The molecular weight excluding hydrogens is 451 g/mol. The number of nitrogens with two attached hydrogens (primary N) is 1. The molecule has 0 spiro atoms. The number of halogens is 1. The fourth-order valence-corrected chi connectivity index (χ4v) is 4.29. The first kappa shape index (κ1) is 22.2. The molecule has 3 heterocycles. The zero-order chi connectivity index (χ0) is 24.5. The molecule has 2 aromatic carbocycles. The molecule has 4 aromatic rings. The lowest BCUT2D eigenvalue weighted by Gasteiger charge is -2.14. The number of nitrogens with zero attached hydrogens (tertiary/aromatic N) is 5. The van der Waals surface area contributed by atoms with Crippen molar-refractivity contribution in [2.75, 3.05) is 18.8 Å². The summed E-state index contributed by atoms with van der Waals surface area (Å²) in [6.45, 7) is 2.26. The van der Waals surface area contributed by atoms with Gasteiger partial charge >= 0.3 is 11.8 Å². The Labute approximate surface area is 199 Å². The van der Waals surface area contributed by atoms with Crippen molar-refractivity contribution in [1.82, 2.24) is 24.0 Å². The average Bonchev–Trinajstić information content (AvgIpc) is 3.43. The summed E-state index contributed by atoms with van der Waals surface area (Å²) < 4.78 is 22.7. The number of para-hydroxylation sites is 1. The van der Waals surface area contributed by atoms with Gasteiger partial charge in [-0.1, -0.05) is 24.1 Å². The molecule has 1 aliphatic heterocycles. The number of carbonyl (C=O) groups is 1. The van der Waals surface area contributed by atoms with Crippen LogP contribution in [-0.4, -0.2) is 43.0 Å². The van der Waals surface area contributed by atoms with Crippen molar-refractivity contribution in [1.29, 1.82) is 0 Å². The summed E-state index contributed by atoms with van der Waals surface area (Å²) in [7, 11) is 0. The van der Waals surface area contributed by atoms with Crippen LogP contribution in [0.5, 0.6) is 11.5 Å². The number of imidazole rings is 1. The zero-order valence-corrected chi connectivity index (χ0v) is 18.8. The molecule has 1 unspecified atom stereocenters. The third-order valence-electron chi connectivity index (χ3n) is 5.84. The van der Waals surface area contributed by atoms with Crippen LogP contribution in [-0.2, 0) is 4.79 Å². The molecule has 0 saturated carbocycles. The van der Waals surface area contributed by atoms with Gasteiger partial charge in [-0.2, -0.15) is 14.4 Å². The maximum absolute atomic E-state index is 14.1. The van der Waals surface area contributed by atoms with Gasteiger partial charge in [0.05, 0.1) is 11.7 Å². The van der Waals surface area contributed by atoms with E-state index in [1.807, 2.05) is 30.3 Å². The van der Waals surface area contributed by atoms with Crippen LogP contribution in [0.25, 0.3) is 16.9 Å². The van der Waals surface area contributed by atoms with E-state index in [9.17, 15) is 14.0 Å². The molecule has 176 valence electrons. The fraction of sp³-hybridized carbons (Fsp3) is 0.200. The van der Waals surface area contributed by atoms with Gasteiger partial charge in [0.2, 0.25) is 0 Å². The van der Waals surface area contributed by atoms with Gasteiger partial charge in [0.25, 0.3) is 5.91 Å². The second-order valence-corrected chi connectivity index (χ2v) is 8.02. The van der Waals surface area contributed by atoms with Gasteiger partial charge in [-0.15, -0.1) is 0 Å². The number of ether oxygens (including phenoxy) is 1. The molecule has 0 radical (unpaired) electrons. The molecule has 9 nitrogen and oxygen atoms in total. The van der Waals surface area contributed by atoms with E-state index < -0.39 is 17.8 Å². The Morgan fingerprint density at radius 2 is 1.83 bits per heavy atom. The Morgan fingerprint density at radius 1 is 1.11 bits per heavy atom. The van der Waals surface area contributed by atoms with Gasteiger partial charge in [-0.25, -0.2) is 4.79 Å². The predicted octanol–water partition coefficient (Wildman–Crippen LogP) is 2.89. The standard InChI is InChI=1S/C25H21FN6O3/c1-2-6-20(33)30-14-13-17(15-30)32-23-21(22(27)28-24(26)29-23)31(25(32)34)16-9-11-19(12-10-16)35-18-7-4-3-5-8-18/h3-5,7-12,17H,13-15H2,1H3,(H2,27,28,29). The smallest absolute Gasteiger partial charge is 0.335 e. The van der Waals surface area contributed by atoms with Gasteiger partial charge in [0.1, 0.15) is 17.0 Å². The van der Waals surface area contributed by atoms with E-state index in [0.29, 0.717) is 30.2 Å².